The third-order valence-corrected chi connectivity index (χ3v) is 4.52. The molecule has 0 saturated carbocycles. The molecule has 1 atom stereocenters. The molecular weight excluding hydrogens is 471 g/mol. The van der Waals surface area contributed by atoms with Crippen LogP contribution in [0.5, 0.6) is 5.75 Å². The van der Waals surface area contributed by atoms with Crippen LogP contribution in [0, 0.1) is 6.92 Å². The Bertz CT molecular complexity index is 646. The van der Waals surface area contributed by atoms with Gasteiger partial charge >= 0.3 is 0 Å². The standard InChI is InChI=1S/C20H32N4O3.HI/c1-15-7-8-18(26-4)16(12-15)9-10-21-20(23-14-19(25)24(2)3)22-13-17-6-5-11-27-17;/h7-8,12,17H,5-6,9-11,13-14H2,1-4H3,(H2,21,22,23);1H. The summed E-state index contributed by atoms with van der Waals surface area (Å²) in [7, 11) is 5.15. The molecule has 1 saturated heterocycles. The first-order valence-electron chi connectivity index (χ1n) is 9.47. The lowest BCUT2D eigenvalue weighted by Crippen LogP contribution is -2.42. The molecule has 1 aromatic carbocycles. The van der Waals surface area contributed by atoms with E-state index in [1.54, 1.807) is 26.1 Å². The van der Waals surface area contributed by atoms with Gasteiger partial charge in [0.2, 0.25) is 5.91 Å². The van der Waals surface area contributed by atoms with Gasteiger partial charge in [-0.1, -0.05) is 17.7 Å². The van der Waals surface area contributed by atoms with Crippen LogP contribution in [-0.2, 0) is 16.0 Å². The Labute approximate surface area is 185 Å². The number of carbonyl (C=O) groups excluding carboxylic acids is 1. The van der Waals surface area contributed by atoms with E-state index in [4.69, 9.17) is 9.47 Å². The molecule has 1 fully saturated rings. The van der Waals surface area contributed by atoms with E-state index in [2.05, 4.69) is 28.6 Å². The molecule has 1 aliphatic rings. The molecule has 1 aromatic rings. The minimum absolute atomic E-state index is 0. The molecule has 2 rings (SSSR count). The average molecular weight is 504 g/mol. The fourth-order valence-corrected chi connectivity index (χ4v) is 2.90. The molecule has 1 amide bonds. The molecule has 0 aromatic heterocycles. The molecule has 1 unspecified atom stereocenters. The highest BCUT2D eigenvalue weighted by Gasteiger charge is 2.16. The number of nitrogens with one attached hydrogen (secondary N) is 2. The van der Waals surface area contributed by atoms with E-state index in [0.717, 1.165) is 37.2 Å². The Morgan fingerprint density at radius 3 is 2.79 bits per heavy atom. The van der Waals surface area contributed by atoms with Crippen molar-refractivity contribution in [2.45, 2.75) is 32.3 Å². The largest absolute Gasteiger partial charge is 0.496 e. The maximum absolute atomic E-state index is 11.8. The highest BCUT2D eigenvalue weighted by molar-refractivity contribution is 14.0. The molecule has 0 spiro atoms. The second-order valence-corrected chi connectivity index (χ2v) is 6.96. The third kappa shape index (κ3) is 8.22. The van der Waals surface area contributed by atoms with E-state index in [1.807, 2.05) is 12.1 Å². The van der Waals surface area contributed by atoms with Crippen molar-refractivity contribution in [3.63, 3.8) is 0 Å². The number of nitrogens with zero attached hydrogens (tertiary/aromatic N) is 2. The lowest BCUT2D eigenvalue weighted by molar-refractivity contribution is -0.127. The van der Waals surface area contributed by atoms with Crippen molar-refractivity contribution in [1.29, 1.82) is 0 Å². The van der Waals surface area contributed by atoms with Gasteiger partial charge in [-0.2, -0.15) is 0 Å². The first kappa shape index (κ1) is 24.5. The first-order chi connectivity index (χ1) is 13.0. The lowest BCUT2D eigenvalue weighted by Gasteiger charge is -2.17. The van der Waals surface area contributed by atoms with Crippen LogP contribution in [0.15, 0.2) is 23.2 Å². The van der Waals surface area contributed by atoms with Crippen LogP contribution in [0.25, 0.3) is 0 Å². The van der Waals surface area contributed by atoms with Gasteiger partial charge in [-0.25, -0.2) is 4.99 Å². The zero-order valence-electron chi connectivity index (χ0n) is 17.3. The molecule has 8 heteroatoms. The highest BCUT2D eigenvalue weighted by Crippen LogP contribution is 2.19. The van der Waals surface area contributed by atoms with Crippen molar-refractivity contribution in [3.05, 3.63) is 29.3 Å². The quantitative estimate of drug-likeness (QED) is 0.322. The summed E-state index contributed by atoms with van der Waals surface area (Å²) in [6.07, 6.45) is 3.15. The molecule has 158 valence electrons. The summed E-state index contributed by atoms with van der Waals surface area (Å²) < 4.78 is 11.1. The minimum atomic E-state index is -0.0337. The van der Waals surface area contributed by atoms with Crippen LogP contribution in [0.1, 0.15) is 24.0 Å². The van der Waals surface area contributed by atoms with Gasteiger partial charge in [-0.3, -0.25) is 4.79 Å². The second-order valence-electron chi connectivity index (χ2n) is 6.96. The van der Waals surface area contributed by atoms with Gasteiger partial charge < -0.3 is 25.0 Å². The van der Waals surface area contributed by atoms with Gasteiger partial charge in [-0.15, -0.1) is 24.0 Å². The molecule has 0 aliphatic carbocycles. The maximum Gasteiger partial charge on any atom is 0.243 e. The number of ether oxygens (including phenoxy) is 2. The third-order valence-electron chi connectivity index (χ3n) is 4.52. The predicted octanol–water partition coefficient (Wildman–Crippen LogP) is 1.97. The maximum atomic E-state index is 11.8. The Morgan fingerprint density at radius 2 is 2.14 bits per heavy atom. The number of hydrogen-bond donors (Lipinski definition) is 2. The number of benzene rings is 1. The zero-order valence-corrected chi connectivity index (χ0v) is 19.6. The number of halogens is 1. The Kier molecular flexibility index (Phi) is 11.2. The van der Waals surface area contributed by atoms with E-state index in [-0.39, 0.29) is 42.5 Å². The van der Waals surface area contributed by atoms with Crippen molar-refractivity contribution in [3.8, 4) is 5.75 Å². The Morgan fingerprint density at radius 1 is 1.36 bits per heavy atom. The van der Waals surface area contributed by atoms with E-state index >= 15 is 0 Å². The Hall–Kier alpha value is -1.55. The van der Waals surface area contributed by atoms with Crippen LogP contribution in [0.4, 0.5) is 0 Å². The first-order valence-corrected chi connectivity index (χ1v) is 9.47. The number of methoxy groups -OCH3 is 1. The van der Waals surface area contributed by atoms with Crippen molar-refractivity contribution in [1.82, 2.24) is 15.5 Å². The molecule has 0 radical (unpaired) electrons. The van der Waals surface area contributed by atoms with Crippen LogP contribution in [0.2, 0.25) is 0 Å². The average Bonchev–Trinajstić information content (AvgIpc) is 3.16. The van der Waals surface area contributed by atoms with Crippen LogP contribution < -0.4 is 15.4 Å². The van der Waals surface area contributed by atoms with E-state index in [1.165, 1.54) is 5.56 Å². The summed E-state index contributed by atoms with van der Waals surface area (Å²) in [4.78, 5) is 17.8. The number of likely N-dealkylation sites (N-methyl/N-ethyl adjacent to an activating group) is 1. The summed E-state index contributed by atoms with van der Waals surface area (Å²) >= 11 is 0. The fraction of sp³-hybridized carbons (Fsp3) is 0.600. The van der Waals surface area contributed by atoms with Crippen molar-refractivity contribution in [2.24, 2.45) is 4.99 Å². The number of aliphatic imine (C=N–C) groups is 1. The zero-order chi connectivity index (χ0) is 19.6. The predicted molar refractivity (Wildman–Crippen MR) is 123 cm³/mol. The number of carbonyl (C=O) groups is 1. The molecule has 1 heterocycles. The number of hydrogen-bond acceptors (Lipinski definition) is 4. The van der Waals surface area contributed by atoms with Crippen LogP contribution in [-0.4, -0.2) is 70.3 Å². The summed E-state index contributed by atoms with van der Waals surface area (Å²) in [5.74, 6) is 1.48. The van der Waals surface area contributed by atoms with Gasteiger partial charge in [-0.05, 0) is 37.8 Å². The molecular formula is C20H33IN4O3. The Balaban J connectivity index is 0.00000392. The monoisotopic (exact) mass is 504 g/mol. The topological polar surface area (TPSA) is 75.2 Å². The SMILES string of the molecule is COc1ccc(C)cc1CCNC(=NCC(=O)N(C)C)NCC1CCCO1.I. The number of amides is 1. The van der Waals surface area contributed by atoms with Gasteiger partial charge in [0.25, 0.3) is 0 Å². The van der Waals surface area contributed by atoms with E-state index in [0.29, 0.717) is 19.0 Å². The number of aryl methyl sites for hydroxylation is 1. The molecule has 1 aliphatic heterocycles. The van der Waals surface area contributed by atoms with E-state index in [9.17, 15) is 4.79 Å². The lowest BCUT2D eigenvalue weighted by atomic mass is 10.1. The second kappa shape index (κ2) is 12.8. The molecule has 0 bridgehead atoms. The summed E-state index contributed by atoms with van der Waals surface area (Å²) in [6.45, 7) is 4.38. The molecule has 2 N–H and O–H groups in total. The summed E-state index contributed by atoms with van der Waals surface area (Å²) in [5, 5.41) is 6.61. The minimum Gasteiger partial charge on any atom is -0.496 e. The van der Waals surface area contributed by atoms with Crippen LogP contribution >= 0.6 is 24.0 Å². The smallest absolute Gasteiger partial charge is 0.243 e. The van der Waals surface area contributed by atoms with Gasteiger partial charge in [0, 0.05) is 33.8 Å². The van der Waals surface area contributed by atoms with Crippen molar-refractivity contribution in [2.75, 3.05) is 47.4 Å². The van der Waals surface area contributed by atoms with Crippen LogP contribution in [0.3, 0.4) is 0 Å². The normalized spacial score (nSPS) is 16.3. The van der Waals surface area contributed by atoms with Crippen molar-refractivity contribution < 1.29 is 14.3 Å². The van der Waals surface area contributed by atoms with Gasteiger partial charge in [0.05, 0.1) is 13.2 Å². The van der Waals surface area contributed by atoms with Crippen molar-refractivity contribution >= 4 is 35.8 Å². The van der Waals surface area contributed by atoms with Gasteiger partial charge in [0.15, 0.2) is 5.96 Å². The number of rotatable bonds is 8. The summed E-state index contributed by atoms with van der Waals surface area (Å²) in [5.41, 5.74) is 2.35. The molecule has 7 nitrogen and oxygen atoms in total. The van der Waals surface area contributed by atoms with E-state index < -0.39 is 0 Å². The number of guanidine groups is 1. The van der Waals surface area contributed by atoms with Gasteiger partial charge in [0.1, 0.15) is 12.3 Å². The molecule has 28 heavy (non-hydrogen) atoms. The fourth-order valence-electron chi connectivity index (χ4n) is 2.90. The highest BCUT2D eigenvalue weighted by atomic mass is 127. The summed E-state index contributed by atoms with van der Waals surface area (Å²) in [6, 6.07) is 6.16.